The Labute approximate surface area is 146 Å². The Morgan fingerprint density at radius 1 is 0.708 bits per heavy atom. The fraction of sp³-hybridized carbons (Fsp3) is 0.455. The summed E-state index contributed by atoms with van der Waals surface area (Å²) in [6, 6.07) is 12.1. The van der Waals surface area contributed by atoms with Crippen LogP contribution < -0.4 is 0 Å². The zero-order valence-electron chi connectivity index (χ0n) is 15.2. The molecule has 0 aliphatic carbocycles. The molecule has 0 bridgehead atoms. The summed E-state index contributed by atoms with van der Waals surface area (Å²) in [4.78, 5) is 0. The van der Waals surface area contributed by atoms with Crippen LogP contribution in [0.1, 0.15) is 74.6 Å². The molecular formula is C22H30O2. The van der Waals surface area contributed by atoms with E-state index in [1.165, 1.54) is 11.1 Å². The van der Waals surface area contributed by atoms with E-state index in [-0.39, 0.29) is 0 Å². The van der Waals surface area contributed by atoms with Crippen LogP contribution in [-0.4, -0.2) is 10.2 Å². The molecule has 0 aromatic heterocycles. The predicted molar refractivity (Wildman–Crippen MR) is 101 cm³/mol. The molecule has 0 saturated carbocycles. The molecule has 0 radical (unpaired) electrons. The summed E-state index contributed by atoms with van der Waals surface area (Å²) in [6.45, 7) is 6.47. The number of aromatic hydroxyl groups is 2. The van der Waals surface area contributed by atoms with Crippen molar-refractivity contribution in [2.75, 3.05) is 0 Å². The second-order valence-electron chi connectivity index (χ2n) is 6.62. The first-order valence-corrected chi connectivity index (χ1v) is 9.24. The molecule has 0 atom stereocenters. The van der Waals surface area contributed by atoms with Gasteiger partial charge in [-0.15, -0.1) is 0 Å². The van der Waals surface area contributed by atoms with Crippen LogP contribution in [0.3, 0.4) is 0 Å². The maximum absolute atomic E-state index is 10.1. The highest BCUT2D eigenvalue weighted by Crippen LogP contribution is 2.34. The summed E-state index contributed by atoms with van der Waals surface area (Å²) in [5.41, 5.74) is 4.57. The first kappa shape index (κ1) is 18.4. The Morgan fingerprint density at radius 2 is 1.17 bits per heavy atom. The van der Waals surface area contributed by atoms with Gasteiger partial charge in [-0.3, -0.25) is 0 Å². The van der Waals surface area contributed by atoms with Gasteiger partial charge in [0.05, 0.1) is 0 Å². The molecule has 0 fully saturated rings. The second-order valence-corrected chi connectivity index (χ2v) is 6.62. The molecule has 0 saturated heterocycles. The maximum Gasteiger partial charge on any atom is 0.118 e. The summed E-state index contributed by atoms with van der Waals surface area (Å²) in [5, 5.41) is 20.1. The minimum Gasteiger partial charge on any atom is -0.508 e. The van der Waals surface area contributed by atoms with Crippen LogP contribution >= 0.6 is 0 Å². The molecule has 2 aromatic carbocycles. The molecule has 0 aliphatic heterocycles. The van der Waals surface area contributed by atoms with E-state index in [1.807, 2.05) is 24.3 Å². The number of rotatable bonds is 8. The van der Waals surface area contributed by atoms with Gasteiger partial charge in [-0.1, -0.05) is 64.3 Å². The number of phenols is 2. The minimum atomic E-state index is 0.308. The van der Waals surface area contributed by atoms with Gasteiger partial charge in [0.2, 0.25) is 0 Å². The van der Waals surface area contributed by atoms with Gasteiger partial charge in [0, 0.05) is 5.92 Å². The normalized spacial score (nSPS) is 11.2. The molecule has 2 heteroatoms. The van der Waals surface area contributed by atoms with Crippen molar-refractivity contribution in [2.24, 2.45) is 0 Å². The highest BCUT2D eigenvalue weighted by atomic mass is 16.3. The monoisotopic (exact) mass is 326 g/mol. The van der Waals surface area contributed by atoms with E-state index < -0.39 is 0 Å². The topological polar surface area (TPSA) is 40.5 Å². The third-order valence-corrected chi connectivity index (χ3v) is 4.63. The highest BCUT2D eigenvalue weighted by Gasteiger charge is 2.16. The van der Waals surface area contributed by atoms with Gasteiger partial charge in [0.15, 0.2) is 0 Å². The van der Waals surface area contributed by atoms with Crippen molar-refractivity contribution in [3.05, 3.63) is 58.7 Å². The standard InChI is InChI=1S/C22H30O2/c1-4-7-18-14-16(10-12-21(18)23)20(9-6-3)17-11-13-22(24)19(15-17)8-5-2/h10-15,20,23-24H,4-9H2,1-3H3. The molecular weight excluding hydrogens is 296 g/mol. The third kappa shape index (κ3) is 4.31. The van der Waals surface area contributed by atoms with Gasteiger partial charge in [-0.05, 0) is 53.6 Å². The molecule has 2 rings (SSSR count). The van der Waals surface area contributed by atoms with Crippen LogP contribution in [0.5, 0.6) is 11.5 Å². The van der Waals surface area contributed by atoms with E-state index in [0.29, 0.717) is 17.4 Å². The molecule has 2 N–H and O–H groups in total. The summed E-state index contributed by atoms with van der Waals surface area (Å²) in [5.74, 6) is 1.10. The van der Waals surface area contributed by atoms with Crippen molar-refractivity contribution >= 4 is 0 Å². The van der Waals surface area contributed by atoms with Crippen molar-refractivity contribution in [2.45, 2.75) is 65.2 Å². The Morgan fingerprint density at radius 3 is 1.54 bits per heavy atom. The van der Waals surface area contributed by atoms with Crippen molar-refractivity contribution < 1.29 is 10.2 Å². The zero-order chi connectivity index (χ0) is 17.5. The lowest BCUT2D eigenvalue weighted by Crippen LogP contribution is -2.03. The molecule has 0 spiro atoms. The number of aryl methyl sites for hydroxylation is 2. The molecule has 0 aliphatic rings. The van der Waals surface area contributed by atoms with E-state index in [2.05, 4.69) is 32.9 Å². The largest absolute Gasteiger partial charge is 0.508 e. The van der Waals surface area contributed by atoms with Gasteiger partial charge >= 0.3 is 0 Å². The summed E-state index contributed by atoms with van der Waals surface area (Å²) in [6.07, 6.45) is 6.00. The highest BCUT2D eigenvalue weighted by molar-refractivity contribution is 5.44. The van der Waals surface area contributed by atoms with Crippen molar-refractivity contribution in [3.63, 3.8) is 0 Å². The van der Waals surface area contributed by atoms with Crippen LogP contribution in [-0.2, 0) is 12.8 Å². The van der Waals surface area contributed by atoms with Gasteiger partial charge in [-0.2, -0.15) is 0 Å². The quantitative estimate of drug-likeness (QED) is 0.630. The molecule has 2 aromatic rings. The predicted octanol–water partition coefficient (Wildman–Crippen LogP) is 5.93. The number of phenolic OH excluding ortho intramolecular Hbond substituents is 2. The van der Waals surface area contributed by atoms with E-state index >= 15 is 0 Å². The first-order chi connectivity index (χ1) is 11.6. The molecule has 0 unspecified atom stereocenters. The van der Waals surface area contributed by atoms with Crippen molar-refractivity contribution in [1.29, 1.82) is 0 Å². The summed E-state index contributed by atoms with van der Waals surface area (Å²) < 4.78 is 0. The zero-order valence-corrected chi connectivity index (χ0v) is 15.2. The van der Waals surface area contributed by atoms with Crippen LogP contribution in [0.2, 0.25) is 0 Å². The fourth-order valence-electron chi connectivity index (χ4n) is 3.40. The summed E-state index contributed by atoms with van der Waals surface area (Å²) in [7, 11) is 0. The molecule has 0 amide bonds. The lowest BCUT2D eigenvalue weighted by atomic mass is 9.85. The number of hydrogen-bond donors (Lipinski definition) is 2. The van der Waals surface area contributed by atoms with Crippen LogP contribution in [0, 0.1) is 0 Å². The number of hydrogen-bond acceptors (Lipinski definition) is 2. The smallest absolute Gasteiger partial charge is 0.118 e. The Hall–Kier alpha value is -1.96. The van der Waals surface area contributed by atoms with Crippen LogP contribution in [0.4, 0.5) is 0 Å². The van der Waals surface area contributed by atoms with E-state index in [1.54, 1.807) is 0 Å². The Kier molecular flexibility index (Phi) is 6.72. The first-order valence-electron chi connectivity index (χ1n) is 9.24. The maximum atomic E-state index is 10.1. The SMILES string of the molecule is CCCc1cc(C(CCC)c2ccc(O)c(CCC)c2)ccc1O. The van der Waals surface area contributed by atoms with Gasteiger partial charge in [0.25, 0.3) is 0 Å². The molecule has 0 heterocycles. The number of benzene rings is 2. The third-order valence-electron chi connectivity index (χ3n) is 4.63. The fourth-order valence-corrected chi connectivity index (χ4v) is 3.40. The average Bonchev–Trinajstić information content (AvgIpc) is 2.57. The van der Waals surface area contributed by atoms with E-state index in [4.69, 9.17) is 0 Å². The van der Waals surface area contributed by atoms with Crippen molar-refractivity contribution in [1.82, 2.24) is 0 Å². The minimum absolute atomic E-state index is 0.308. The van der Waals surface area contributed by atoms with Crippen LogP contribution in [0.15, 0.2) is 36.4 Å². The van der Waals surface area contributed by atoms with E-state index in [9.17, 15) is 10.2 Å². The molecule has 24 heavy (non-hydrogen) atoms. The average molecular weight is 326 g/mol. The van der Waals surface area contributed by atoms with Gasteiger partial charge < -0.3 is 10.2 Å². The van der Waals surface area contributed by atoms with Crippen molar-refractivity contribution in [3.8, 4) is 11.5 Å². The van der Waals surface area contributed by atoms with Crippen LogP contribution in [0.25, 0.3) is 0 Å². The lowest BCUT2D eigenvalue weighted by Gasteiger charge is -2.20. The van der Waals surface area contributed by atoms with Gasteiger partial charge in [0.1, 0.15) is 11.5 Å². The molecule has 130 valence electrons. The lowest BCUT2D eigenvalue weighted by molar-refractivity contribution is 0.467. The Bertz CT molecular complexity index is 606. The second kappa shape index (κ2) is 8.77. The molecule has 2 nitrogen and oxygen atoms in total. The Balaban J connectivity index is 2.42. The van der Waals surface area contributed by atoms with Gasteiger partial charge in [-0.25, -0.2) is 0 Å². The summed E-state index contributed by atoms with van der Waals surface area (Å²) >= 11 is 0. The van der Waals surface area contributed by atoms with E-state index in [0.717, 1.165) is 49.7 Å².